The van der Waals surface area contributed by atoms with E-state index >= 15 is 0 Å². The van der Waals surface area contributed by atoms with Crippen molar-refractivity contribution in [3.8, 4) is 0 Å². The Bertz CT molecular complexity index is 472. The van der Waals surface area contributed by atoms with Crippen molar-refractivity contribution in [1.82, 2.24) is 10.6 Å². The van der Waals surface area contributed by atoms with Gasteiger partial charge in [0.05, 0.1) is 6.54 Å². The van der Waals surface area contributed by atoms with Crippen molar-refractivity contribution in [2.24, 2.45) is 5.92 Å². The molecule has 1 fully saturated rings. The first-order valence-electron chi connectivity index (χ1n) is 6.37. The Labute approximate surface area is 120 Å². The number of rotatable bonds is 4. The van der Waals surface area contributed by atoms with Gasteiger partial charge in [-0.05, 0) is 53.2 Å². The van der Waals surface area contributed by atoms with Crippen molar-refractivity contribution in [1.29, 1.82) is 0 Å². The standard InChI is InChI=1S/C13H17BrN2O3/c1-8-2-3-9(6-8)16-12(17)7-15-13(18)10-4-5-11(14)19-10/h4-5,8-9H,2-3,6-7H2,1H3,(H,15,18)(H,16,17). The van der Waals surface area contributed by atoms with Gasteiger partial charge in [-0.25, -0.2) is 0 Å². The molecule has 0 saturated heterocycles. The van der Waals surface area contributed by atoms with Crippen LogP contribution in [0.4, 0.5) is 0 Å². The molecule has 0 spiro atoms. The number of hydrogen-bond donors (Lipinski definition) is 2. The summed E-state index contributed by atoms with van der Waals surface area (Å²) in [6.07, 6.45) is 3.19. The third kappa shape index (κ3) is 4.09. The van der Waals surface area contributed by atoms with Crippen LogP contribution in [0.15, 0.2) is 21.2 Å². The second-order valence-electron chi connectivity index (χ2n) is 4.97. The molecule has 1 aromatic heterocycles. The summed E-state index contributed by atoms with van der Waals surface area (Å²) in [5.74, 6) is 0.313. The zero-order valence-corrected chi connectivity index (χ0v) is 12.3. The first-order chi connectivity index (χ1) is 9.04. The minimum atomic E-state index is -0.388. The molecule has 19 heavy (non-hydrogen) atoms. The highest BCUT2D eigenvalue weighted by atomic mass is 79.9. The Morgan fingerprint density at radius 2 is 2.21 bits per heavy atom. The van der Waals surface area contributed by atoms with Gasteiger partial charge in [-0.3, -0.25) is 9.59 Å². The SMILES string of the molecule is CC1CCC(NC(=O)CNC(=O)c2ccc(Br)o2)C1. The monoisotopic (exact) mass is 328 g/mol. The van der Waals surface area contributed by atoms with E-state index in [2.05, 4.69) is 33.5 Å². The molecule has 0 radical (unpaired) electrons. The minimum Gasteiger partial charge on any atom is -0.444 e. The van der Waals surface area contributed by atoms with Crippen molar-refractivity contribution in [2.75, 3.05) is 6.54 Å². The van der Waals surface area contributed by atoms with Crippen molar-refractivity contribution in [3.63, 3.8) is 0 Å². The molecule has 104 valence electrons. The summed E-state index contributed by atoms with van der Waals surface area (Å²) in [7, 11) is 0. The molecule has 2 amide bonds. The summed E-state index contributed by atoms with van der Waals surface area (Å²) in [4.78, 5) is 23.3. The predicted octanol–water partition coefficient (Wildman–Crippen LogP) is 2.08. The van der Waals surface area contributed by atoms with E-state index in [0.29, 0.717) is 10.6 Å². The van der Waals surface area contributed by atoms with Crippen molar-refractivity contribution in [2.45, 2.75) is 32.2 Å². The summed E-state index contributed by atoms with van der Waals surface area (Å²) in [5.41, 5.74) is 0. The molecule has 0 bridgehead atoms. The molecule has 0 aromatic carbocycles. The highest BCUT2D eigenvalue weighted by Crippen LogP contribution is 2.24. The van der Waals surface area contributed by atoms with E-state index in [1.54, 1.807) is 12.1 Å². The maximum atomic E-state index is 11.7. The number of halogens is 1. The molecule has 1 heterocycles. The lowest BCUT2D eigenvalue weighted by Gasteiger charge is -2.12. The van der Waals surface area contributed by atoms with Gasteiger partial charge < -0.3 is 15.1 Å². The van der Waals surface area contributed by atoms with Crippen molar-refractivity contribution >= 4 is 27.7 Å². The third-order valence-electron chi connectivity index (χ3n) is 3.27. The van der Waals surface area contributed by atoms with Gasteiger partial charge in [-0.15, -0.1) is 0 Å². The van der Waals surface area contributed by atoms with Gasteiger partial charge in [0.2, 0.25) is 5.91 Å². The molecule has 6 heteroatoms. The number of hydrogen-bond acceptors (Lipinski definition) is 3. The van der Waals surface area contributed by atoms with E-state index in [1.165, 1.54) is 0 Å². The van der Waals surface area contributed by atoms with Gasteiger partial charge in [-0.1, -0.05) is 6.92 Å². The first-order valence-corrected chi connectivity index (χ1v) is 7.17. The van der Waals surface area contributed by atoms with Crippen LogP contribution in [0.1, 0.15) is 36.7 Å². The lowest BCUT2D eigenvalue weighted by Crippen LogP contribution is -2.41. The first kappa shape index (κ1) is 14.1. The minimum absolute atomic E-state index is 0.0258. The quantitative estimate of drug-likeness (QED) is 0.888. The molecule has 1 aliphatic carbocycles. The normalized spacial score (nSPS) is 22.2. The van der Waals surface area contributed by atoms with Gasteiger partial charge in [0.15, 0.2) is 10.4 Å². The lowest BCUT2D eigenvalue weighted by molar-refractivity contribution is -0.120. The average Bonchev–Trinajstić information content (AvgIpc) is 2.95. The van der Waals surface area contributed by atoms with Gasteiger partial charge in [-0.2, -0.15) is 0 Å². The van der Waals surface area contributed by atoms with Gasteiger partial charge in [0.1, 0.15) is 0 Å². The summed E-state index contributed by atoms with van der Waals surface area (Å²) < 4.78 is 5.59. The van der Waals surface area contributed by atoms with E-state index in [1.807, 2.05) is 0 Å². The fourth-order valence-electron chi connectivity index (χ4n) is 2.30. The maximum absolute atomic E-state index is 11.7. The summed E-state index contributed by atoms with van der Waals surface area (Å²) in [6, 6.07) is 3.43. The maximum Gasteiger partial charge on any atom is 0.287 e. The molecule has 1 aromatic rings. The molecule has 2 atom stereocenters. The van der Waals surface area contributed by atoms with Crippen LogP contribution in [0.2, 0.25) is 0 Å². The Morgan fingerprint density at radius 3 is 2.79 bits per heavy atom. The summed E-state index contributed by atoms with van der Waals surface area (Å²) in [6.45, 7) is 2.16. The number of nitrogens with one attached hydrogen (secondary N) is 2. The van der Waals surface area contributed by atoms with Crippen LogP contribution < -0.4 is 10.6 Å². The Balaban J connectivity index is 1.73. The van der Waals surface area contributed by atoms with E-state index in [9.17, 15) is 9.59 Å². The summed E-state index contributed by atoms with van der Waals surface area (Å²) >= 11 is 3.12. The fourth-order valence-corrected chi connectivity index (χ4v) is 2.61. The van der Waals surface area contributed by atoms with Crippen LogP contribution in [0, 0.1) is 5.92 Å². The van der Waals surface area contributed by atoms with Crippen molar-refractivity contribution < 1.29 is 14.0 Å². The number of furan rings is 1. The zero-order valence-electron chi connectivity index (χ0n) is 10.7. The zero-order chi connectivity index (χ0) is 13.8. The molecule has 0 aliphatic heterocycles. The van der Waals surface area contributed by atoms with Crippen molar-refractivity contribution in [3.05, 3.63) is 22.6 Å². The molecule has 2 rings (SSSR count). The van der Waals surface area contributed by atoms with Gasteiger partial charge in [0.25, 0.3) is 5.91 Å². The van der Waals surface area contributed by atoms with Crippen LogP contribution in [-0.2, 0) is 4.79 Å². The Morgan fingerprint density at radius 1 is 1.42 bits per heavy atom. The smallest absolute Gasteiger partial charge is 0.287 e. The molecule has 5 nitrogen and oxygen atoms in total. The second kappa shape index (κ2) is 6.23. The van der Waals surface area contributed by atoms with Crippen LogP contribution in [0.5, 0.6) is 0 Å². The molecule has 2 N–H and O–H groups in total. The second-order valence-corrected chi connectivity index (χ2v) is 5.75. The van der Waals surface area contributed by atoms with E-state index < -0.39 is 0 Å². The van der Waals surface area contributed by atoms with Crippen LogP contribution >= 0.6 is 15.9 Å². The summed E-state index contributed by atoms with van der Waals surface area (Å²) in [5, 5.41) is 5.46. The van der Waals surface area contributed by atoms with Crippen LogP contribution in [0.25, 0.3) is 0 Å². The molecular weight excluding hydrogens is 312 g/mol. The fraction of sp³-hybridized carbons (Fsp3) is 0.538. The highest BCUT2D eigenvalue weighted by Gasteiger charge is 2.22. The Kier molecular flexibility index (Phi) is 4.63. The van der Waals surface area contributed by atoms with E-state index in [-0.39, 0.29) is 30.2 Å². The molecule has 2 unspecified atom stereocenters. The molecular formula is C13H17BrN2O3. The average molecular weight is 329 g/mol. The largest absolute Gasteiger partial charge is 0.444 e. The number of carbonyl (C=O) groups excluding carboxylic acids is 2. The molecule has 1 saturated carbocycles. The van der Waals surface area contributed by atoms with Crippen LogP contribution in [0.3, 0.4) is 0 Å². The number of amides is 2. The Hall–Kier alpha value is -1.30. The van der Waals surface area contributed by atoms with Gasteiger partial charge in [0, 0.05) is 6.04 Å². The third-order valence-corrected chi connectivity index (χ3v) is 3.69. The van der Waals surface area contributed by atoms with Crippen LogP contribution in [-0.4, -0.2) is 24.4 Å². The highest BCUT2D eigenvalue weighted by molar-refractivity contribution is 9.10. The number of carbonyl (C=O) groups is 2. The topological polar surface area (TPSA) is 71.3 Å². The van der Waals surface area contributed by atoms with Gasteiger partial charge >= 0.3 is 0 Å². The van der Waals surface area contributed by atoms with E-state index in [4.69, 9.17) is 4.42 Å². The lowest BCUT2D eigenvalue weighted by atomic mass is 10.1. The van der Waals surface area contributed by atoms with E-state index in [0.717, 1.165) is 19.3 Å². The predicted molar refractivity (Wildman–Crippen MR) is 73.7 cm³/mol. The molecule has 1 aliphatic rings.